The number of aromatic nitrogens is 3. The van der Waals surface area contributed by atoms with Gasteiger partial charge in [-0.3, -0.25) is 9.78 Å². The first-order valence-corrected chi connectivity index (χ1v) is 11.8. The van der Waals surface area contributed by atoms with Gasteiger partial charge in [0.2, 0.25) is 5.91 Å². The van der Waals surface area contributed by atoms with Crippen molar-refractivity contribution in [2.24, 2.45) is 0 Å². The Morgan fingerprint density at radius 1 is 1.11 bits per heavy atom. The quantitative estimate of drug-likeness (QED) is 0.500. The molecule has 2 heterocycles. The summed E-state index contributed by atoms with van der Waals surface area (Å²) in [7, 11) is 0. The van der Waals surface area contributed by atoms with Crippen LogP contribution in [0.4, 0.5) is 19.0 Å². The van der Waals surface area contributed by atoms with Gasteiger partial charge in [0, 0.05) is 18.1 Å². The molecule has 0 unspecified atom stereocenters. The molecule has 0 aliphatic heterocycles. The number of halogens is 3. The predicted octanol–water partition coefficient (Wildman–Crippen LogP) is 5.79. The zero-order valence-electron chi connectivity index (χ0n) is 18.9. The van der Waals surface area contributed by atoms with Gasteiger partial charge in [0.25, 0.3) is 0 Å². The third-order valence-electron chi connectivity index (χ3n) is 7.25. The van der Waals surface area contributed by atoms with Gasteiger partial charge in [0.1, 0.15) is 5.41 Å². The van der Waals surface area contributed by atoms with Crippen molar-refractivity contribution in [3.05, 3.63) is 64.8 Å². The standard InChI is InChI=1S/C26H23F3N4O2/c27-26(28,29)25(9-10-25)21-13-22(33-35-21)32-23(34)11-15-5-7-16(8-6-15)20-14-30-19-12-17-3-1-2-4-18(17)24(19)31-20/h5-8,13-14H,1-4,9-12H2,(H,32,33,34). The molecule has 2 aromatic heterocycles. The molecule has 0 bridgehead atoms. The largest absolute Gasteiger partial charge is 0.401 e. The molecule has 3 aromatic rings. The van der Waals surface area contributed by atoms with E-state index >= 15 is 0 Å². The molecule has 6 rings (SSSR count). The molecule has 0 atom stereocenters. The van der Waals surface area contributed by atoms with E-state index in [1.54, 1.807) is 6.20 Å². The topological polar surface area (TPSA) is 80.9 Å². The van der Waals surface area contributed by atoms with Crippen LogP contribution in [0, 0.1) is 0 Å². The highest BCUT2D eigenvalue weighted by atomic mass is 19.4. The van der Waals surface area contributed by atoms with Crippen molar-refractivity contribution in [2.75, 3.05) is 5.32 Å². The fourth-order valence-corrected chi connectivity index (χ4v) is 5.10. The molecule has 0 saturated heterocycles. The van der Waals surface area contributed by atoms with Crippen molar-refractivity contribution >= 4 is 17.3 Å². The summed E-state index contributed by atoms with van der Waals surface area (Å²) >= 11 is 0. The van der Waals surface area contributed by atoms with Gasteiger partial charge in [0.15, 0.2) is 11.6 Å². The highest BCUT2D eigenvalue weighted by Crippen LogP contribution is 2.59. The van der Waals surface area contributed by atoms with Crippen LogP contribution in [0.15, 0.2) is 46.6 Å². The second-order valence-electron chi connectivity index (χ2n) is 9.59. The Balaban J connectivity index is 1.12. The number of hydrogen-bond donors (Lipinski definition) is 1. The number of nitrogens with zero attached hydrogens (tertiary/aromatic N) is 3. The molecule has 0 radical (unpaired) electrons. The van der Waals surface area contributed by atoms with E-state index in [0.717, 1.165) is 47.5 Å². The normalized spacial score (nSPS) is 18.3. The van der Waals surface area contributed by atoms with Crippen LogP contribution in [-0.2, 0) is 23.1 Å². The van der Waals surface area contributed by atoms with Gasteiger partial charge in [-0.05, 0) is 49.7 Å². The summed E-state index contributed by atoms with van der Waals surface area (Å²) in [6.45, 7) is 0. The zero-order valence-corrected chi connectivity index (χ0v) is 18.9. The predicted molar refractivity (Wildman–Crippen MR) is 122 cm³/mol. The fourth-order valence-electron chi connectivity index (χ4n) is 5.10. The van der Waals surface area contributed by atoms with Gasteiger partial charge in [-0.2, -0.15) is 13.2 Å². The number of nitrogens with one attached hydrogen (secondary N) is 1. The van der Waals surface area contributed by atoms with Crippen LogP contribution < -0.4 is 5.32 Å². The monoisotopic (exact) mass is 480 g/mol. The Kier molecular flexibility index (Phi) is 5.05. The number of allylic oxidation sites excluding steroid dienone is 2. The summed E-state index contributed by atoms with van der Waals surface area (Å²) < 4.78 is 44.6. The summed E-state index contributed by atoms with van der Waals surface area (Å²) in [5, 5.41) is 6.13. The molecular weight excluding hydrogens is 457 g/mol. The van der Waals surface area contributed by atoms with Gasteiger partial charge >= 0.3 is 6.18 Å². The van der Waals surface area contributed by atoms with Crippen LogP contribution >= 0.6 is 0 Å². The molecule has 3 aliphatic carbocycles. The molecule has 180 valence electrons. The summed E-state index contributed by atoms with van der Waals surface area (Å²) in [6.07, 6.45) is 2.95. The molecule has 1 N–H and O–H groups in total. The van der Waals surface area contributed by atoms with Gasteiger partial charge in [-0.25, -0.2) is 4.98 Å². The number of amides is 1. The molecular formula is C26H23F3N4O2. The number of fused-ring (bicyclic) bond motifs is 2. The molecule has 3 aliphatic rings. The van der Waals surface area contributed by atoms with Crippen LogP contribution in [0.3, 0.4) is 0 Å². The van der Waals surface area contributed by atoms with E-state index in [1.807, 2.05) is 24.3 Å². The number of anilines is 1. The minimum Gasteiger partial charge on any atom is -0.358 e. The van der Waals surface area contributed by atoms with Crippen LogP contribution in [0.1, 0.15) is 61.2 Å². The second-order valence-corrected chi connectivity index (χ2v) is 9.59. The maximum atomic E-state index is 13.2. The minimum absolute atomic E-state index is 0.0121. The summed E-state index contributed by atoms with van der Waals surface area (Å²) in [6, 6.07) is 8.65. The van der Waals surface area contributed by atoms with Crippen molar-refractivity contribution < 1.29 is 22.5 Å². The lowest BCUT2D eigenvalue weighted by molar-refractivity contribution is -0.165. The van der Waals surface area contributed by atoms with Crippen molar-refractivity contribution in [3.63, 3.8) is 0 Å². The Bertz CT molecular complexity index is 1340. The van der Waals surface area contributed by atoms with E-state index in [-0.39, 0.29) is 36.7 Å². The molecule has 0 spiro atoms. The molecule has 9 heteroatoms. The maximum Gasteiger partial charge on any atom is 0.401 e. The van der Waals surface area contributed by atoms with Gasteiger partial charge in [0.05, 0.1) is 29.7 Å². The maximum absolute atomic E-state index is 13.2. The SMILES string of the molecule is O=C(Cc1ccc(-c2cnc3c(n2)C2=C(CCCC2)C3)cc1)Nc1cc(C2(C(F)(F)F)CC2)on1. The number of rotatable bonds is 5. The molecule has 35 heavy (non-hydrogen) atoms. The van der Waals surface area contributed by atoms with E-state index in [0.29, 0.717) is 0 Å². The number of hydrogen-bond acceptors (Lipinski definition) is 5. The van der Waals surface area contributed by atoms with E-state index in [4.69, 9.17) is 9.51 Å². The van der Waals surface area contributed by atoms with Gasteiger partial charge in [-0.1, -0.05) is 35.0 Å². The summed E-state index contributed by atoms with van der Waals surface area (Å²) in [4.78, 5) is 22.0. The van der Waals surface area contributed by atoms with E-state index in [9.17, 15) is 18.0 Å². The van der Waals surface area contributed by atoms with Crippen LogP contribution in [0.2, 0.25) is 0 Å². The lowest BCUT2D eigenvalue weighted by atomic mass is 9.93. The first-order chi connectivity index (χ1) is 16.8. The number of carbonyl (C=O) groups excluding carboxylic acids is 1. The number of alkyl halides is 3. The van der Waals surface area contributed by atoms with Crippen LogP contribution in [0.25, 0.3) is 16.8 Å². The Labute approximate surface area is 199 Å². The highest BCUT2D eigenvalue weighted by Gasteiger charge is 2.66. The van der Waals surface area contributed by atoms with Crippen molar-refractivity contribution in [1.82, 2.24) is 15.1 Å². The third kappa shape index (κ3) is 3.92. The first kappa shape index (κ1) is 22.0. The van der Waals surface area contributed by atoms with E-state index in [2.05, 4.69) is 15.5 Å². The lowest BCUT2D eigenvalue weighted by Gasteiger charge is -2.14. The molecule has 6 nitrogen and oxygen atoms in total. The highest BCUT2D eigenvalue weighted by molar-refractivity contribution is 5.91. The van der Waals surface area contributed by atoms with Gasteiger partial charge in [-0.15, -0.1) is 0 Å². The molecule has 1 fully saturated rings. The Morgan fingerprint density at radius 2 is 1.89 bits per heavy atom. The van der Waals surface area contributed by atoms with Crippen molar-refractivity contribution in [3.8, 4) is 11.3 Å². The first-order valence-electron chi connectivity index (χ1n) is 11.8. The Hall–Kier alpha value is -3.49. The molecule has 1 amide bonds. The second kappa shape index (κ2) is 8.03. The number of carbonyl (C=O) groups is 1. The smallest absolute Gasteiger partial charge is 0.358 e. The molecule has 1 aromatic carbocycles. The summed E-state index contributed by atoms with van der Waals surface area (Å²) in [5.74, 6) is -0.651. The average Bonchev–Trinajstić information content (AvgIpc) is 3.41. The van der Waals surface area contributed by atoms with E-state index < -0.39 is 11.6 Å². The minimum atomic E-state index is -4.39. The van der Waals surface area contributed by atoms with E-state index in [1.165, 1.54) is 30.1 Å². The fraction of sp³-hybridized carbons (Fsp3) is 0.385. The lowest BCUT2D eigenvalue weighted by Crippen LogP contribution is -2.28. The number of benzene rings is 1. The van der Waals surface area contributed by atoms with Crippen molar-refractivity contribution in [2.45, 2.75) is 63.0 Å². The molecule has 1 saturated carbocycles. The Morgan fingerprint density at radius 3 is 2.63 bits per heavy atom. The van der Waals surface area contributed by atoms with Gasteiger partial charge < -0.3 is 9.84 Å². The third-order valence-corrected chi connectivity index (χ3v) is 7.25. The van der Waals surface area contributed by atoms with Crippen LogP contribution in [0.5, 0.6) is 0 Å². The van der Waals surface area contributed by atoms with Crippen LogP contribution in [-0.4, -0.2) is 27.2 Å². The average molecular weight is 480 g/mol. The van der Waals surface area contributed by atoms with Crippen molar-refractivity contribution in [1.29, 1.82) is 0 Å². The zero-order chi connectivity index (χ0) is 24.2. The summed E-state index contributed by atoms with van der Waals surface area (Å²) in [5.41, 5.74) is 5.45.